The third kappa shape index (κ3) is 4.57. The molecule has 1 aromatic rings. The van der Waals surface area contributed by atoms with Crippen molar-refractivity contribution in [3.05, 3.63) is 35.4 Å². The first kappa shape index (κ1) is 16.0. The van der Waals surface area contributed by atoms with Crippen LogP contribution < -0.4 is 10.6 Å². The second-order valence-corrected chi connectivity index (χ2v) is 6.83. The summed E-state index contributed by atoms with van der Waals surface area (Å²) in [7, 11) is 0. The Morgan fingerprint density at radius 1 is 1.38 bits per heavy atom. The van der Waals surface area contributed by atoms with E-state index in [0.717, 1.165) is 19.5 Å². The van der Waals surface area contributed by atoms with Crippen LogP contribution in [0.25, 0.3) is 0 Å². The molecule has 1 aromatic carbocycles. The van der Waals surface area contributed by atoms with Crippen molar-refractivity contribution in [1.82, 2.24) is 10.6 Å². The molecule has 1 fully saturated rings. The van der Waals surface area contributed by atoms with Gasteiger partial charge in [0.1, 0.15) is 0 Å². The summed E-state index contributed by atoms with van der Waals surface area (Å²) < 4.78 is 0. The van der Waals surface area contributed by atoms with Gasteiger partial charge in [-0.25, -0.2) is 0 Å². The number of hydrogen-bond acceptors (Lipinski definition) is 2. The zero-order valence-corrected chi connectivity index (χ0v) is 13.5. The molecule has 0 radical (unpaired) electrons. The van der Waals surface area contributed by atoms with Gasteiger partial charge < -0.3 is 10.6 Å². The SMILES string of the molecule is Cc1ccccc1CCC(=O)NCC1NCCCC1(C)C. The highest BCUT2D eigenvalue weighted by molar-refractivity contribution is 5.76. The molecule has 1 aliphatic rings. The average Bonchev–Trinajstić information content (AvgIpc) is 2.45. The van der Waals surface area contributed by atoms with Gasteiger partial charge in [-0.15, -0.1) is 0 Å². The van der Waals surface area contributed by atoms with E-state index in [1.807, 2.05) is 12.1 Å². The van der Waals surface area contributed by atoms with E-state index >= 15 is 0 Å². The molecule has 1 heterocycles. The van der Waals surface area contributed by atoms with Gasteiger partial charge >= 0.3 is 0 Å². The Kier molecular flexibility index (Phi) is 5.40. The Labute approximate surface area is 128 Å². The highest BCUT2D eigenvalue weighted by Gasteiger charge is 2.31. The van der Waals surface area contributed by atoms with Crippen molar-refractivity contribution in [2.75, 3.05) is 13.1 Å². The maximum absolute atomic E-state index is 12.0. The van der Waals surface area contributed by atoms with Crippen molar-refractivity contribution < 1.29 is 4.79 Å². The van der Waals surface area contributed by atoms with E-state index < -0.39 is 0 Å². The highest BCUT2D eigenvalue weighted by Crippen LogP contribution is 2.29. The molecule has 21 heavy (non-hydrogen) atoms. The Balaban J connectivity index is 1.76. The molecule has 0 spiro atoms. The number of aryl methyl sites for hydroxylation is 2. The predicted molar refractivity (Wildman–Crippen MR) is 87.3 cm³/mol. The summed E-state index contributed by atoms with van der Waals surface area (Å²) in [5, 5.41) is 6.63. The largest absolute Gasteiger partial charge is 0.355 e. The molecule has 1 aliphatic heterocycles. The molecule has 2 N–H and O–H groups in total. The lowest BCUT2D eigenvalue weighted by Crippen LogP contribution is -2.52. The first-order valence-electron chi connectivity index (χ1n) is 8.03. The van der Waals surface area contributed by atoms with Crippen LogP contribution in [-0.2, 0) is 11.2 Å². The maximum atomic E-state index is 12.0. The van der Waals surface area contributed by atoms with E-state index in [0.29, 0.717) is 12.5 Å². The van der Waals surface area contributed by atoms with E-state index in [-0.39, 0.29) is 11.3 Å². The Morgan fingerprint density at radius 3 is 2.86 bits per heavy atom. The smallest absolute Gasteiger partial charge is 0.220 e. The molecule has 1 saturated heterocycles. The van der Waals surface area contributed by atoms with Crippen molar-refractivity contribution in [2.24, 2.45) is 5.41 Å². The van der Waals surface area contributed by atoms with Gasteiger partial charge in [0, 0.05) is 19.0 Å². The maximum Gasteiger partial charge on any atom is 0.220 e. The van der Waals surface area contributed by atoms with Gasteiger partial charge in [-0.3, -0.25) is 4.79 Å². The lowest BCUT2D eigenvalue weighted by atomic mass is 9.77. The Bertz CT molecular complexity index is 482. The second-order valence-electron chi connectivity index (χ2n) is 6.83. The van der Waals surface area contributed by atoms with Gasteiger partial charge in [0.15, 0.2) is 0 Å². The van der Waals surface area contributed by atoms with Gasteiger partial charge in [-0.2, -0.15) is 0 Å². The van der Waals surface area contributed by atoms with Crippen LogP contribution in [0.5, 0.6) is 0 Å². The lowest BCUT2D eigenvalue weighted by molar-refractivity contribution is -0.121. The third-order valence-corrected chi connectivity index (χ3v) is 4.72. The van der Waals surface area contributed by atoms with Gasteiger partial charge in [-0.1, -0.05) is 38.1 Å². The summed E-state index contributed by atoms with van der Waals surface area (Å²) in [6.07, 6.45) is 3.84. The zero-order chi connectivity index (χ0) is 15.3. The Morgan fingerprint density at radius 2 is 2.14 bits per heavy atom. The van der Waals surface area contributed by atoms with Crippen molar-refractivity contribution in [1.29, 1.82) is 0 Å². The number of hydrogen-bond donors (Lipinski definition) is 2. The summed E-state index contributed by atoms with van der Waals surface area (Å²) >= 11 is 0. The Hall–Kier alpha value is -1.35. The number of piperidine rings is 1. The molecule has 0 aromatic heterocycles. The summed E-state index contributed by atoms with van der Waals surface area (Å²) in [5.41, 5.74) is 2.80. The quantitative estimate of drug-likeness (QED) is 0.875. The molecule has 1 unspecified atom stereocenters. The van der Waals surface area contributed by atoms with Crippen molar-refractivity contribution in [2.45, 2.75) is 52.5 Å². The molecular weight excluding hydrogens is 260 g/mol. The fourth-order valence-electron chi connectivity index (χ4n) is 3.06. The van der Waals surface area contributed by atoms with Crippen molar-refractivity contribution >= 4 is 5.91 Å². The standard InChI is InChI=1S/C18H28N2O/c1-14-7-4-5-8-15(14)9-10-17(21)20-13-16-18(2,3)11-6-12-19-16/h4-5,7-8,16,19H,6,9-13H2,1-3H3,(H,20,21). The first-order valence-corrected chi connectivity index (χ1v) is 8.03. The number of benzene rings is 1. The van der Waals surface area contributed by atoms with E-state index in [9.17, 15) is 4.79 Å². The number of amides is 1. The summed E-state index contributed by atoms with van der Waals surface area (Å²) in [4.78, 5) is 12.0. The summed E-state index contributed by atoms with van der Waals surface area (Å²) in [5.74, 6) is 0.154. The molecule has 2 rings (SSSR count). The number of nitrogens with one attached hydrogen (secondary N) is 2. The predicted octanol–water partition coefficient (Wildman–Crippen LogP) is 2.82. The number of carbonyl (C=O) groups is 1. The lowest BCUT2D eigenvalue weighted by Gasteiger charge is -2.39. The van der Waals surface area contributed by atoms with Crippen molar-refractivity contribution in [3.63, 3.8) is 0 Å². The van der Waals surface area contributed by atoms with Gasteiger partial charge in [0.25, 0.3) is 0 Å². The molecule has 3 nitrogen and oxygen atoms in total. The average molecular weight is 288 g/mol. The zero-order valence-electron chi connectivity index (χ0n) is 13.5. The van der Waals surface area contributed by atoms with Crippen molar-refractivity contribution in [3.8, 4) is 0 Å². The van der Waals surface area contributed by atoms with Crippen LogP contribution in [0.3, 0.4) is 0 Å². The molecular formula is C18H28N2O. The minimum Gasteiger partial charge on any atom is -0.355 e. The van der Waals surface area contributed by atoms with Gasteiger partial charge in [-0.05, 0) is 49.3 Å². The van der Waals surface area contributed by atoms with Gasteiger partial charge in [0.2, 0.25) is 5.91 Å². The van der Waals surface area contributed by atoms with Crippen LogP contribution >= 0.6 is 0 Å². The van der Waals surface area contributed by atoms with Crippen LogP contribution in [-0.4, -0.2) is 25.0 Å². The molecule has 0 aliphatic carbocycles. The number of carbonyl (C=O) groups excluding carboxylic acids is 1. The van der Waals surface area contributed by atoms with Crippen LogP contribution in [0.4, 0.5) is 0 Å². The highest BCUT2D eigenvalue weighted by atomic mass is 16.1. The third-order valence-electron chi connectivity index (χ3n) is 4.72. The molecule has 1 amide bonds. The van der Waals surface area contributed by atoms with Crippen LogP contribution in [0.2, 0.25) is 0 Å². The fourth-order valence-corrected chi connectivity index (χ4v) is 3.06. The monoisotopic (exact) mass is 288 g/mol. The normalized spacial score (nSPS) is 21.0. The van der Waals surface area contributed by atoms with E-state index in [1.165, 1.54) is 24.0 Å². The fraction of sp³-hybridized carbons (Fsp3) is 0.611. The van der Waals surface area contributed by atoms with Crippen LogP contribution in [0, 0.1) is 12.3 Å². The van der Waals surface area contributed by atoms with E-state index in [2.05, 4.69) is 43.5 Å². The second kappa shape index (κ2) is 7.08. The molecule has 3 heteroatoms. The summed E-state index contributed by atoms with van der Waals surface area (Å²) in [6, 6.07) is 8.66. The number of rotatable bonds is 5. The molecule has 0 saturated carbocycles. The van der Waals surface area contributed by atoms with Crippen LogP contribution in [0.1, 0.15) is 44.2 Å². The first-order chi connectivity index (χ1) is 9.99. The van der Waals surface area contributed by atoms with Crippen LogP contribution in [0.15, 0.2) is 24.3 Å². The summed E-state index contributed by atoms with van der Waals surface area (Å²) in [6.45, 7) is 8.46. The molecule has 1 atom stereocenters. The topological polar surface area (TPSA) is 41.1 Å². The molecule has 0 bridgehead atoms. The van der Waals surface area contributed by atoms with E-state index in [4.69, 9.17) is 0 Å². The van der Waals surface area contributed by atoms with E-state index in [1.54, 1.807) is 0 Å². The minimum atomic E-state index is 0.154. The minimum absolute atomic E-state index is 0.154. The van der Waals surface area contributed by atoms with Gasteiger partial charge in [0.05, 0.1) is 0 Å². The molecule has 116 valence electrons.